The van der Waals surface area contributed by atoms with Crippen molar-refractivity contribution in [3.05, 3.63) is 47.2 Å². The van der Waals surface area contributed by atoms with Crippen LogP contribution in [0.1, 0.15) is 24.1 Å². The Morgan fingerprint density at radius 3 is 2.68 bits per heavy atom. The number of hydrogen-bond acceptors (Lipinski definition) is 3. The average Bonchev–Trinajstić information content (AvgIpc) is 2.39. The van der Waals surface area contributed by atoms with Crippen molar-refractivity contribution in [1.29, 1.82) is 0 Å². The molecule has 0 saturated heterocycles. The molecule has 0 aliphatic carbocycles. The minimum absolute atomic E-state index is 0.270. The SMILES string of the molecule is CCOC(=O)C1=CNC(=S)NC1c1ccc(C)cc1. The fourth-order valence-electron chi connectivity index (χ4n) is 1.89. The van der Waals surface area contributed by atoms with Crippen LogP contribution < -0.4 is 10.6 Å². The Hall–Kier alpha value is -1.88. The van der Waals surface area contributed by atoms with Gasteiger partial charge in [0.1, 0.15) is 0 Å². The fraction of sp³-hybridized carbons (Fsp3) is 0.286. The maximum atomic E-state index is 11.9. The third-order valence-electron chi connectivity index (χ3n) is 2.87. The quantitative estimate of drug-likeness (QED) is 0.653. The van der Waals surface area contributed by atoms with E-state index in [2.05, 4.69) is 10.6 Å². The summed E-state index contributed by atoms with van der Waals surface area (Å²) in [6.07, 6.45) is 1.61. The summed E-state index contributed by atoms with van der Waals surface area (Å²) >= 11 is 5.09. The summed E-state index contributed by atoms with van der Waals surface area (Å²) in [4.78, 5) is 11.9. The molecule has 0 spiro atoms. The van der Waals surface area contributed by atoms with Crippen LogP contribution in [-0.2, 0) is 9.53 Å². The molecule has 4 nitrogen and oxygen atoms in total. The first-order valence-electron chi connectivity index (χ1n) is 6.12. The number of aryl methyl sites for hydroxylation is 1. The molecule has 0 saturated carbocycles. The summed E-state index contributed by atoms with van der Waals surface area (Å²) in [5.74, 6) is -0.337. The molecule has 1 aliphatic heterocycles. The number of thiocarbonyl (C=S) groups is 1. The van der Waals surface area contributed by atoms with Crippen LogP contribution in [0.15, 0.2) is 36.0 Å². The van der Waals surface area contributed by atoms with Gasteiger partial charge in [0.15, 0.2) is 5.11 Å². The van der Waals surface area contributed by atoms with Crippen molar-refractivity contribution >= 4 is 23.3 Å². The van der Waals surface area contributed by atoms with Gasteiger partial charge in [-0.15, -0.1) is 0 Å². The van der Waals surface area contributed by atoms with Gasteiger partial charge in [-0.3, -0.25) is 0 Å². The van der Waals surface area contributed by atoms with Gasteiger partial charge in [0.05, 0.1) is 18.2 Å². The first kappa shape index (κ1) is 13.5. The van der Waals surface area contributed by atoms with Crippen LogP contribution in [0.5, 0.6) is 0 Å². The van der Waals surface area contributed by atoms with Gasteiger partial charge < -0.3 is 15.4 Å². The van der Waals surface area contributed by atoms with Crippen molar-refractivity contribution in [2.24, 2.45) is 0 Å². The number of esters is 1. The van der Waals surface area contributed by atoms with Crippen LogP contribution in [0.3, 0.4) is 0 Å². The number of ether oxygens (including phenoxy) is 1. The van der Waals surface area contributed by atoms with E-state index in [0.29, 0.717) is 17.3 Å². The summed E-state index contributed by atoms with van der Waals surface area (Å²) in [6, 6.07) is 7.70. The minimum Gasteiger partial charge on any atom is -0.463 e. The molecule has 19 heavy (non-hydrogen) atoms. The smallest absolute Gasteiger partial charge is 0.337 e. The number of carbonyl (C=O) groups is 1. The Bertz CT molecular complexity index is 523. The van der Waals surface area contributed by atoms with Gasteiger partial charge in [0.25, 0.3) is 0 Å². The van der Waals surface area contributed by atoms with Crippen molar-refractivity contribution in [2.45, 2.75) is 19.9 Å². The normalized spacial score (nSPS) is 18.1. The highest BCUT2D eigenvalue weighted by Crippen LogP contribution is 2.24. The minimum atomic E-state index is -0.337. The van der Waals surface area contributed by atoms with Gasteiger partial charge in [-0.05, 0) is 31.6 Å². The molecule has 5 heteroatoms. The van der Waals surface area contributed by atoms with Crippen molar-refractivity contribution in [1.82, 2.24) is 10.6 Å². The highest BCUT2D eigenvalue weighted by Gasteiger charge is 2.27. The topological polar surface area (TPSA) is 50.4 Å². The summed E-state index contributed by atoms with van der Waals surface area (Å²) in [5.41, 5.74) is 2.68. The summed E-state index contributed by atoms with van der Waals surface area (Å²) in [6.45, 7) is 4.15. The number of rotatable bonds is 3. The zero-order valence-corrected chi connectivity index (χ0v) is 11.7. The van der Waals surface area contributed by atoms with E-state index in [1.165, 1.54) is 5.56 Å². The standard InChI is InChI=1S/C14H16N2O2S/c1-3-18-13(17)11-8-15-14(19)16-12(11)10-6-4-9(2)5-7-10/h4-8,12H,3H2,1-2H3,(H2,15,16,19). The number of carbonyl (C=O) groups excluding carboxylic acids is 1. The van der Waals surface area contributed by atoms with E-state index in [0.717, 1.165) is 5.56 Å². The lowest BCUT2D eigenvalue weighted by Gasteiger charge is -2.26. The Morgan fingerprint density at radius 1 is 1.37 bits per heavy atom. The molecule has 0 aromatic heterocycles. The largest absolute Gasteiger partial charge is 0.463 e. The van der Waals surface area contributed by atoms with E-state index in [9.17, 15) is 4.79 Å². The molecule has 1 heterocycles. The van der Waals surface area contributed by atoms with Gasteiger partial charge >= 0.3 is 5.97 Å². The highest BCUT2D eigenvalue weighted by atomic mass is 32.1. The molecule has 1 aliphatic rings. The Morgan fingerprint density at radius 2 is 2.05 bits per heavy atom. The Labute approximate surface area is 117 Å². The second kappa shape index (κ2) is 5.84. The van der Waals surface area contributed by atoms with Gasteiger partial charge in [-0.25, -0.2) is 4.79 Å². The fourth-order valence-corrected chi connectivity index (χ4v) is 2.07. The van der Waals surface area contributed by atoms with E-state index in [1.807, 2.05) is 31.2 Å². The molecule has 1 atom stereocenters. The van der Waals surface area contributed by atoms with E-state index in [1.54, 1.807) is 13.1 Å². The molecular formula is C14H16N2O2S. The Balaban J connectivity index is 2.31. The third-order valence-corrected chi connectivity index (χ3v) is 3.10. The van der Waals surface area contributed by atoms with E-state index < -0.39 is 0 Å². The van der Waals surface area contributed by atoms with Crippen molar-refractivity contribution in [3.8, 4) is 0 Å². The van der Waals surface area contributed by atoms with E-state index >= 15 is 0 Å². The summed E-state index contributed by atoms with van der Waals surface area (Å²) in [7, 11) is 0. The highest BCUT2D eigenvalue weighted by molar-refractivity contribution is 7.80. The van der Waals surface area contributed by atoms with Gasteiger partial charge in [0, 0.05) is 6.20 Å². The molecule has 1 unspecified atom stereocenters. The van der Waals surface area contributed by atoms with E-state index in [-0.39, 0.29) is 12.0 Å². The summed E-state index contributed by atoms with van der Waals surface area (Å²) < 4.78 is 5.06. The molecule has 100 valence electrons. The molecule has 1 aromatic rings. The van der Waals surface area contributed by atoms with E-state index in [4.69, 9.17) is 17.0 Å². The third kappa shape index (κ3) is 3.12. The lowest BCUT2D eigenvalue weighted by Crippen LogP contribution is -2.42. The molecular weight excluding hydrogens is 260 g/mol. The molecule has 1 aromatic carbocycles. The zero-order valence-electron chi connectivity index (χ0n) is 10.9. The van der Waals surface area contributed by atoms with Crippen LogP contribution in [0.4, 0.5) is 0 Å². The monoisotopic (exact) mass is 276 g/mol. The number of hydrogen-bond donors (Lipinski definition) is 2. The van der Waals surface area contributed by atoms with Gasteiger partial charge in [-0.1, -0.05) is 29.8 Å². The predicted octanol–water partition coefficient (Wildman–Crippen LogP) is 1.96. The molecule has 0 amide bonds. The maximum absolute atomic E-state index is 11.9. The van der Waals surface area contributed by atoms with Crippen molar-refractivity contribution in [2.75, 3.05) is 6.61 Å². The molecule has 2 N–H and O–H groups in total. The Kier molecular flexibility index (Phi) is 4.16. The first-order chi connectivity index (χ1) is 9.11. The lowest BCUT2D eigenvalue weighted by molar-refractivity contribution is -0.138. The van der Waals surface area contributed by atoms with Crippen LogP contribution in [0, 0.1) is 6.92 Å². The van der Waals surface area contributed by atoms with Crippen LogP contribution in [0.2, 0.25) is 0 Å². The maximum Gasteiger partial charge on any atom is 0.337 e. The molecule has 2 rings (SSSR count). The number of nitrogens with one attached hydrogen (secondary N) is 2. The molecule has 0 bridgehead atoms. The van der Waals surface area contributed by atoms with Gasteiger partial charge in [0.2, 0.25) is 0 Å². The molecule has 0 radical (unpaired) electrons. The summed E-state index contributed by atoms with van der Waals surface area (Å²) in [5, 5.41) is 6.43. The van der Waals surface area contributed by atoms with Crippen LogP contribution in [0.25, 0.3) is 0 Å². The van der Waals surface area contributed by atoms with Crippen molar-refractivity contribution < 1.29 is 9.53 Å². The van der Waals surface area contributed by atoms with Gasteiger partial charge in [-0.2, -0.15) is 0 Å². The van der Waals surface area contributed by atoms with Crippen molar-refractivity contribution in [3.63, 3.8) is 0 Å². The first-order valence-corrected chi connectivity index (χ1v) is 6.53. The second-order valence-electron chi connectivity index (χ2n) is 4.28. The zero-order chi connectivity index (χ0) is 13.8. The number of benzene rings is 1. The molecule has 0 fully saturated rings. The second-order valence-corrected chi connectivity index (χ2v) is 4.69. The van der Waals surface area contributed by atoms with Crippen LogP contribution in [-0.4, -0.2) is 17.7 Å². The lowest BCUT2D eigenvalue weighted by atomic mass is 9.97. The predicted molar refractivity (Wildman–Crippen MR) is 77.5 cm³/mol. The average molecular weight is 276 g/mol. The van der Waals surface area contributed by atoms with Crippen LogP contribution >= 0.6 is 12.2 Å².